The summed E-state index contributed by atoms with van der Waals surface area (Å²) in [5.41, 5.74) is 9.67. The summed E-state index contributed by atoms with van der Waals surface area (Å²) in [5, 5.41) is 7.31. The van der Waals surface area contributed by atoms with Crippen LogP contribution < -0.4 is 0 Å². The van der Waals surface area contributed by atoms with Gasteiger partial charge in [-0.15, -0.1) is 0 Å². The number of hydrogen-bond donors (Lipinski definition) is 0. The molecule has 51 heavy (non-hydrogen) atoms. The van der Waals surface area contributed by atoms with Crippen molar-refractivity contribution in [2.45, 2.75) is 0 Å². The van der Waals surface area contributed by atoms with Gasteiger partial charge in [0.05, 0.1) is 44.5 Å². The van der Waals surface area contributed by atoms with Crippen molar-refractivity contribution >= 4 is 65.4 Å². The Labute approximate surface area is 292 Å². The molecule has 0 saturated carbocycles. The average Bonchev–Trinajstić information content (AvgIpc) is 3.84. The first-order valence-electron chi connectivity index (χ1n) is 17.3. The van der Waals surface area contributed by atoms with Gasteiger partial charge in [-0.1, -0.05) is 109 Å². The van der Waals surface area contributed by atoms with Crippen molar-refractivity contribution in [2.75, 3.05) is 0 Å². The molecule has 0 aliphatic carbocycles. The molecule has 11 aromatic rings. The molecule has 0 atom stereocenters. The summed E-state index contributed by atoms with van der Waals surface area (Å²) in [6.45, 7) is 0. The van der Waals surface area contributed by atoms with Gasteiger partial charge in [0.1, 0.15) is 11.6 Å². The summed E-state index contributed by atoms with van der Waals surface area (Å²) >= 11 is 0. The third-order valence-electron chi connectivity index (χ3n) is 10.3. The van der Waals surface area contributed by atoms with Crippen LogP contribution in [0.3, 0.4) is 0 Å². The molecule has 0 unspecified atom stereocenters. The molecule has 0 saturated heterocycles. The zero-order valence-electron chi connectivity index (χ0n) is 27.5. The van der Waals surface area contributed by atoms with E-state index in [4.69, 9.17) is 9.97 Å². The minimum Gasteiger partial charge on any atom is -0.309 e. The molecular formula is C46H29N5. The molecule has 0 amide bonds. The highest BCUT2D eigenvalue weighted by atomic mass is 15.1. The third-order valence-corrected chi connectivity index (χ3v) is 10.3. The monoisotopic (exact) mass is 651 g/mol. The minimum absolute atomic E-state index is 0.820. The zero-order chi connectivity index (χ0) is 33.5. The quantitative estimate of drug-likeness (QED) is 0.190. The maximum atomic E-state index is 5.32. The van der Waals surface area contributed by atoms with E-state index in [1.54, 1.807) is 0 Å². The zero-order valence-corrected chi connectivity index (χ0v) is 27.5. The van der Waals surface area contributed by atoms with Crippen LogP contribution in [-0.2, 0) is 0 Å². The van der Waals surface area contributed by atoms with Crippen molar-refractivity contribution < 1.29 is 0 Å². The van der Waals surface area contributed by atoms with E-state index in [-0.39, 0.29) is 0 Å². The highest BCUT2D eigenvalue weighted by molar-refractivity contribution is 6.26. The van der Waals surface area contributed by atoms with Crippen molar-refractivity contribution in [1.82, 2.24) is 23.7 Å². The van der Waals surface area contributed by atoms with Crippen LogP contribution in [0.4, 0.5) is 0 Å². The minimum atomic E-state index is 0.820. The molecule has 0 fully saturated rings. The fraction of sp³-hybridized carbons (Fsp3) is 0. The number of aromatic nitrogens is 5. The van der Waals surface area contributed by atoms with Gasteiger partial charge in [0, 0.05) is 38.0 Å². The number of pyridine rings is 2. The van der Waals surface area contributed by atoms with Gasteiger partial charge in [0.2, 0.25) is 0 Å². The molecule has 5 nitrogen and oxygen atoms in total. The number of rotatable bonds is 4. The Morgan fingerprint density at radius 3 is 1.33 bits per heavy atom. The number of fused-ring (bicyclic) bond motifs is 10. The Morgan fingerprint density at radius 2 is 0.745 bits per heavy atom. The molecule has 0 spiro atoms. The molecule has 5 heterocycles. The second kappa shape index (κ2) is 10.8. The lowest BCUT2D eigenvalue weighted by molar-refractivity contribution is 1.06. The smallest absolute Gasteiger partial charge is 0.138 e. The molecule has 5 heteroatoms. The maximum Gasteiger partial charge on any atom is 0.138 e. The summed E-state index contributed by atoms with van der Waals surface area (Å²) in [5.74, 6) is 1.72. The van der Waals surface area contributed by atoms with E-state index in [0.29, 0.717) is 0 Å². The third kappa shape index (κ3) is 4.03. The van der Waals surface area contributed by atoms with Crippen LogP contribution in [0.15, 0.2) is 176 Å². The van der Waals surface area contributed by atoms with Crippen LogP contribution in [-0.4, -0.2) is 23.7 Å². The molecule has 0 aliphatic heterocycles. The van der Waals surface area contributed by atoms with Gasteiger partial charge in [-0.25, -0.2) is 9.97 Å². The highest BCUT2D eigenvalue weighted by Crippen LogP contribution is 2.42. The topological polar surface area (TPSA) is 40.6 Å². The van der Waals surface area contributed by atoms with Crippen molar-refractivity contribution in [3.63, 3.8) is 0 Å². The van der Waals surface area contributed by atoms with Crippen LogP contribution in [0, 0.1) is 0 Å². The Balaban J connectivity index is 1.14. The van der Waals surface area contributed by atoms with Crippen LogP contribution in [0.1, 0.15) is 0 Å². The Hall–Kier alpha value is -6.98. The van der Waals surface area contributed by atoms with Crippen LogP contribution >= 0.6 is 0 Å². The van der Waals surface area contributed by atoms with Gasteiger partial charge in [-0.2, -0.15) is 0 Å². The molecule has 238 valence electrons. The normalized spacial score (nSPS) is 11.9. The van der Waals surface area contributed by atoms with E-state index in [9.17, 15) is 0 Å². The molecule has 0 N–H and O–H groups in total. The molecule has 0 aliphatic rings. The van der Waals surface area contributed by atoms with Crippen LogP contribution in [0.5, 0.6) is 0 Å². The first-order chi connectivity index (χ1) is 25.3. The van der Waals surface area contributed by atoms with Gasteiger partial charge in [0.15, 0.2) is 0 Å². The summed E-state index contributed by atoms with van der Waals surface area (Å²) in [4.78, 5) is 10.6. The molecule has 0 radical (unpaired) electrons. The van der Waals surface area contributed by atoms with Crippen molar-refractivity contribution in [2.24, 2.45) is 0 Å². The first-order valence-corrected chi connectivity index (χ1v) is 17.3. The van der Waals surface area contributed by atoms with Crippen molar-refractivity contribution in [3.05, 3.63) is 176 Å². The Bertz CT molecular complexity index is 3090. The number of nitrogens with zero attached hydrogens (tertiary/aromatic N) is 5. The van der Waals surface area contributed by atoms with E-state index in [2.05, 4.69) is 190 Å². The summed E-state index contributed by atoms with van der Waals surface area (Å²) < 4.78 is 6.97. The van der Waals surface area contributed by atoms with Gasteiger partial charge in [-0.3, -0.25) is 9.13 Å². The van der Waals surface area contributed by atoms with Crippen molar-refractivity contribution in [3.8, 4) is 28.7 Å². The average molecular weight is 652 g/mol. The van der Waals surface area contributed by atoms with Crippen molar-refractivity contribution in [1.29, 1.82) is 0 Å². The SMILES string of the molecule is c1ccc(-n2c3ccccc3c3ccc4c(c5ccccc5n4-c4cccc(-c5cccc(-n6c7ccccc7c7ccccc76)n5)n4)c32)cc1. The molecule has 0 bridgehead atoms. The summed E-state index contributed by atoms with van der Waals surface area (Å²) in [6, 6.07) is 62.1. The first kappa shape index (κ1) is 27.9. The predicted molar refractivity (Wildman–Crippen MR) is 210 cm³/mol. The number of para-hydroxylation sites is 5. The molecule has 6 aromatic carbocycles. The number of benzene rings is 6. The largest absolute Gasteiger partial charge is 0.309 e. The lowest BCUT2D eigenvalue weighted by Crippen LogP contribution is -2.01. The Morgan fingerprint density at radius 1 is 0.294 bits per heavy atom. The molecular weight excluding hydrogens is 623 g/mol. The van der Waals surface area contributed by atoms with Crippen LogP contribution in [0.25, 0.3) is 94.1 Å². The molecule has 5 aromatic heterocycles. The highest BCUT2D eigenvalue weighted by Gasteiger charge is 2.21. The molecule has 11 rings (SSSR count). The van der Waals surface area contributed by atoms with E-state index in [1.165, 1.54) is 43.4 Å². The lowest BCUT2D eigenvalue weighted by Gasteiger charge is -2.11. The fourth-order valence-electron chi connectivity index (χ4n) is 8.15. The lowest BCUT2D eigenvalue weighted by atomic mass is 10.1. The van der Waals surface area contributed by atoms with Gasteiger partial charge in [0.25, 0.3) is 0 Å². The second-order valence-electron chi connectivity index (χ2n) is 13.0. The predicted octanol–water partition coefficient (Wildman–Crippen LogP) is 11.4. The second-order valence-corrected chi connectivity index (χ2v) is 13.0. The van der Waals surface area contributed by atoms with E-state index >= 15 is 0 Å². The fourth-order valence-corrected chi connectivity index (χ4v) is 8.15. The standard InChI is InChI=1S/C46H29N5/c1-2-14-30(15-3-1)49-38-22-8-6-18-33(38)34-28-29-42-45(46(34)49)35-19-7-11-25-41(35)51(42)44-27-13-21-37(48-44)36-20-12-26-43(47-36)50-39-23-9-4-16-31(39)32-17-5-10-24-40(32)50/h1-29H. The summed E-state index contributed by atoms with van der Waals surface area (Å²) in [7, 11) is 0. The van der Waals surface area contributed by atoms with Gasteiger partial charge in [-0.05, 0) is 66.7 Å². The van der Waals surface area contributed by atoms with Crippen LogP contribution in [0.2, 0.25) is 0 Å². The maximum absolute atomic E-state index is 5.32. The Kier molecular flexibility index (Phi) is 5.89. The number of hydrogen-bond acceptors (Lipinski definition) is 2. The van der Waals surface area contributed by atoms with Gasteiger partial charge < -0.3 is 4.57 Å². The van der Waals surface area contributed by atoms with Gasteiger partial charge >= 0.3 is 0 Å². The van der Waals surface area contributed by atoms with E-state index < -0.39 is 0 Å². The summed E-state index contributed by atoms with van der Waals surface area (Å²) in [6.07, 6.45) is 0. The van der Waals surface area contributed by atoms with E-state index in [1.807, 2.05) is 0 Å². The van der Waals surface area contributed by atoms with E-state index in [0.717, 1.165) is 50.8 Å².